The number of hydrogen-bond donors (Lipinski definition) is 1. The van der Waals surface area contributed by atoms with Gasteiger partial charge < -0.3 is 10.6 Å². The fourth-order valence-corrected chi connectivity index (χ4v) is 3.57. The van der Waals surface area contributed by atoms with Gasteiger partial charge in [0.2, 0.25) is 0 Å². The summed E-state index contributed by atoms with van der Waals surface area (Å²) >= 11 is 6.03. The van der Waals surface area contributed by atoms with E-state index in [2.05, 4.69) is 4.90 Å². The molecular formula is C16H22ClN3O. The monoisotopic (exact) mass is 307 g/mol. The Kier molecular flexibility index (Phi) is 4.36. The van der Waals surface area contributed by atoms with E-state index < -0.39 is 0 Å². The lowest BCUT2D eigenvalue weighted by atomic mass is 10.0. The molecule has 0 spiro atoms. The van der Waals surface area contributed by atoms with Crippen molar-refractivity contribution in [2.45, 2.75) is 31.7 Å². The molecule has 2 fully saturated rings. The lowest BCUT2D eigenvalue weighted by Gasteiger charge is -2.37. The van der Waals surface area contributed by atoms with Crippen LogP contribution in [0.15, 0.2) is 18.2 Å². The summed E-state index contributed by atoms with van der Waals surface area (Å²) in [5.41, 5.74) is 6.86. The number of likely N-dealkylation sites (tertiary alicyclic amines) is 2. The van der Waals surface area contributed by atoms with Gasteiger partial charge in [0.15, 0.2) is 0 Å². The molecule has 2 heterocycles. The molecule has 0 aliphatic carbocycles. The molecule has 0 aromatic heterocycles. The van der Waals surface area contributed by atoms with E-state index in [9.17, 15) is 4.79 Å². The van der Waals surface area contributed by atoms with Crippen molar-refractivity contribution in [2.75, 3.05) is 31.9 Å². The third-order valence-electron chi connectivity index (χ3n) is 4.59. The van der Waals surface area contributed by atoms with Gasteiger partial charge in [-0.15, -0.1) is 0 Å². The maximum Gasteiger partial charge on any atom is 0.253 e. The first-order valence-electron chi connectivity index (χ1n) is 7.73. The highest BCUT2D eigenvalue weighted by Crippen LogP contribution is 2.24. The van der Waals surface area contributed by atoms with Crippen molar-refractivity contribution >= 4 is 23.2 Å². The van der Waals surface area contributed by atoms with E-state index in [0.29, 0.717) is 22.3 Å². The average molecular weight is 308 g/mol. The second-order valence-corrected chi connectivity index (χ2v) is 6.43. The van der Waals surface area contributed by atoms with Gasteiger partial charge in [-0.2, -0.15) is 0 Å². The summed E-state index contributed by atoms with van der Waals surface area (Å²) in [7, 11) is 0. The van der Waals surface area contributed by atoms with Crippen molar-refractivity contribution in [2.24, 2.45) is 0 Å². The zero-order chi connectivity index (χ0) is 14.8. The number of carbonyl (C=O) groups is 1. The van der Waals surface area contributed by atoms with Crippen molar-refractivity contribution < 1.29 is 4.79 Å². The standard InChI is InChI=1S/C16H22ClN3O/c17-14-10-12(5-6-15(14)18)16(21)20-9-3-4-13(11-20)19-7-1-2-8-19/h5-6,10,13H,1-4,7-9,11,18H2. The first-order valence-corrected chi connectivity index (χ1v) is 8.11. The third-order valence-corrected chi connectivity index (χ3v) is 4.92. The molecule has 1 aromatic rings. The topological polar surface area (TPSA) is 49.6 Å². The minimum atomic E-state index is 0.0702. The minimum Gasteiger partial charge on any atom is -0.398 e. The highest BCUT2D eigenvalue weighted by molar-refractivity contribution is 6.33. The van der Waals surface area contributed by atoms with Crippen molar-refractivity contribution in [3.05, 3.63) is 28.8 Å². The molecule has 2 aliphatic heterocycles. The molecule has 5 heteroatoms. The van der Waals surface area contributed by atoms with Gasteiger partial charge in [-0.3, -0.25) is 9.69 Å². The number of benzene rings is 1. The summed E-state index contributed by atoms with van der Waals surface area (Å²) < 4.78 is 0. The zero-order valence-electron chi connectivity index (χ0n) is 12.2. The van der Waals surface area contributed by atoms with E-state index in [0.717, 1.165) is 19.5 Å². The highest BCUT2D eigenvalue weighted by Gasteiger charge is 2.29. The van der Waals surface area contributed by atoms with Gasteiger partial charge in [0, 0.05) is 24.7 Å². The van der Waals surface area contributed by atoms with Crippen LogP contribution in [0.2, 0.25) is 5.02 Å². The summed E-state index contributed by atoms with van der Waals surface area (Å²) in [5.74, 6) is 0.0702. The highest BCUT2D eigenvalue weighted by atomic mass is 35.5. The summed E-state index contributed by atoms with van der Waals surface area (Å²) in [5, 5.41) is 0.453. The molecule has 1 unspecified atom stereocenters. The van der Waals surface area contributed by atoms with Crippen LogP contribution in [-0.2, 0) is 0 Å². The van der Waals surface area contributed by atoms with Crippen molar-refractivity contribution in [3.8, 4) is 0 Å². The quantitative estimate of drug-likeness (QED) is 0.855. The SMILES string of the molecule is Nc1ccc(C(=O)N2CCCC(N3CCCC3)C2)cc1Cl. The largest absolute Gasteiger partial charge is 0.398 e. The Morgan fingerprint density at radius 2 is 1.95 bits per heavy atom. The molecule has 2 aliphatic rings. The molecule has 0 bridgehead atoms. The van der Waals surface area contributed by atoms with Crippen LogP contribution in [-0.4, -0.2) is 47.9 Å². The van der Waals surface area contributed by atoms with E-state index in [4.69, 9.17) is 17.3 Å². The van der Waals surface area contributed by atoms with Crippen LogP contribution in [0.3, 0.4) is 0 Å². The van der Waals surface area contributed by atoms with Gasteiger partial charge in [0.05, 0.1) is 10.7 Å². The van der Waals surface area contributed by atoms with Crippen LogP contribution in [0.5, 0.6) is 0 Å². The predicted octanol–water partition coefficient (Wildman–Crippen LogP) is 2.62. The Morgan fingerprint density at radius 3 is 2.67 bits per heavy atom. The first kappa shape index (κ1) is 14.7. The van der Waals surface area contributed by atoms with Crippen molar-refractivity contribution in [1.82, 2.24) is 9.80 Å². The van der Waals surface area contributed by atoms with Crippen LogP contribution >= 0.6 is 11.6 Å². The molecule has 0 radical (unpaired) electrons. The molecular weight excluding hydrogens is 286 g/mol. The van der Waals surface area contributed by atoms with Gasteiger partial charge in [-0.05, 0) is 57.0 Å². The molecule has 21 heavy (non-hydrogen) atoms. The smallest absolute Gasteiger partial charge is 0.253 e. The van der Waals surface area contributed by atoms with Gasteiger partial charge in [-0.25, -0.2) is 0 Å². The summed E-state index contributed by atoms with van der Waals surface area (Å²) in [6.07, 6.45) is 4.86. The average Bonchev–Trinajstić information content (AvgIpc) is 3.04. The Bertz CT molecular complexity index is 528. The molecule has 2 N–H and O–H groups in total. The molecule has 1 amide bonds. The molecule has 2 saturated heterocycles. The van der Waals surface area contributed by atoms with Crippen molar-refractivity contribution in [3.63, 3.8) is 0 Å². The second-order valence-electron chi connectivity index (χ2n) is 6.03. The number of rotatable bonds is 2. The van der Waals surface area contributed by atoms with Gasteiger partial charge >= 0.3 is 0 Å². The van der Waals surface area contributed by atoms with Crippen LogP contribution in [0.4, 0.5) is 5.69 Å². The summed E-state index contributed by atoms with van der Waals surface area (Å²) in [6.45, 7) is 4.03. The number of anilines is 1. The number of halogens is 1. The van der Waals surface area contributed by atoms with E-state index in [1.165, 1.54) is 32.4 Å². The van der Waals surface area contributed by atoms with Crippen molar-refractivity contribution in [1.29, 1.82) is 0 Å². The lowest BCUT2D eigenvalue weighted by Crippen LogP contribution is -2.49. The van der Waals surface area contributed by atoms with E-state index >= 15 is 0 Å². The number of amides is 1. The van der Waals surface area contributed by atoms with Crippen LogP contribution in [0.25, 0.3) is 0 Å². The van der Waals surface area contributed by atoms with Crippen LogP contribution < -0.4 is 5.73 Å². The summed E-state index contributed by atoms with van der Waals surface area (Å²) in [6, 6.07) is 5.67. The number of piperidine rings is 1. The van der Waals surface area contributed by atoms with Crippen LogP contribution in [0, 0.1) is 0 Å². The maximum absolute atomic E-state index is 12.6. The van der Waals surface area contributed by atoms with Gasteiger partial charge in [0.25, 0.3) is 5.91 Å². The normalized spacial score (nSPS) is 23.5. The van der Waals surface area contributed by atoms with E-state index in [1.807, 2.05) is 4.90 Å². The van der Waals surface area contributed by atoms with E-state index in [1.54, 1.807) is 18.2 Å². The number of nitrogens with two attached hydrogens (primary N) is 1. The number of hydrogen-bond acceptors (Lipinski definition) is 3. The van der Waals surface area contributed by atoms with Crippen LogP contribution in [0.1, 0.15) is 36.0 Å². The fourth-order valence-electron chi connectivity index (χ4n) is 3.39. The minimum absolute atomic E-state index is 0.0702. The predicted molar refractivity (Wildman–Crippen MR) is 85.6 cm³/mol. The molecule has 4 nitrogen and oxygen atoms in total. The first-order chi connectivity index (χ1) is 10.1. The third kappa shape index (κ3) is 3.16. The Balaban J connectivity index is 1.70. The molecule has 3 rings (SSSR count). The number of carbonyl (C=O) groups excluding carboxylic acids is 1. The van der Waals surface area contributed by atoms with Gasteiger partial charge in [-0.1, -0.05) is 11.6 Å². The molecule has 1 atom stereocenters. The molecule has 0 saturated carbocycles. The Hall–Kier alpha value is -1.26. The molecule has 1 aromatic carbocycles. The fraction of sp³-hybridized carbons (Fsp3) is 0.562. The van der Waals surface area contributed by atoms with E-state index in [-0.39, 0.29) is 5.91 Å². The lowest BCUT2D eigenvalue weighted by molar-refractivity contribution is 0.0608. The maximum atomic E-state index is 12.6. The number of nitrogen functional groups attached to an aromatic ring is 1. The Labute approximate surface area is 130 Å². The Morgan fingerprint density at radius 1 is 1.19 bits per heavy atom. The zero-order valence-corrected chi connectivity index (χ0v) is 13.0. The second kappa shape index (κ2) is 6.24. The molecule has 114 valence electrons. The number of nitrogens with zero attached hydrogens (tertiary/aromatic N) is 2. The van der Waals surface area contributed by atoms with Gasteiger partial charge in [0.1, 0.15) is 0 Å². The summed E-state index contributed by atoms with van der Waals surface area (Å²) in [4.78, 5) is 17.1.